The molecule has 0 aromatic carbocycles. The standard InChI is InChI=1S/C13H16N4/c1-5-14-13(15-6-1)10-17-7-4-11(9-17)8-16-12-2-3-12/h1,4-7,9,12,16H,2-3,8,10H2. The summed E-state index contributed by atoms with van der Waals surface area (Å²) in [5, 5.41) is 3.51. The molecule has 0 aliphatic heterocycles. The first-order valence-electron chi connectivity index (χ1n) is 6.04. The van der Waals surface area contributed by atoms with Gasteiger partial charge in [-0.2, -0.15) is 0 Å². The van der Waals surface area contributed by atoms with Crippen LogP contribution in [0.15, 0.2) is 36.9 Å². The van der Waals surface area contributed by atoms with Gasteiger partial charge in [-0.05, 0) is 30.5 Å². The molecule has 0 amide bonds. The first-order chi connectivity index (χ1) is 8.40. The Morgan fingerprint density at radius 3 is 2.88 bits per heavy atom. The molecule has 4 heteroatoms. The SMILES string of the molecule is c1cnc(Cn2ccc(CNC3CC3)c2)nc1. The number of aromatic nitrogens is 3. The Morgan fingerprint density at radius 2 is 2.12 bits per heavy atom. The van der Waals surface area contributed by atoms with Crippen molar-refractivity contribution in [2.45, 2.75) is 32.0 Å². The highest BCUT2D eigenvalue weighted by molar-refractivity contribution is 5.11. The quantitative estimate of drug-likeness (QED) is 0.845. The van der Waals surface area contributed by atoms with Gasteiger partial charge in [0, 0.05) is 37.4 Å². The van der Waals surface area contributed by atoms with Gasteiger partial charge < -0.3 is 9.88 Å². The summed E-state index contributed by atoms with van der Waals surface area (Å²) in [4.78, 5) is 8.44. The highest BCUT2D eigenvalue weighted by atomic mass is 15.0. The summed E-state index contributed by atoms with van der Waals surface area (Å²) >= 11 is 0. The van der Waals surface area contributed by atoms with Crippen molar-refractivity contribution >= 4 is 0 Å². The topological polar surface area (TPSA) is 42.7 Å². The van der Waals surface area contributed by atoms with Crippen molar-refractivity contribution in [3.63, 3.8) is 0 Å². The molecule has 2 aromatic rings. The zero-order valence-electron chi connectivity index (χ0n) is 9.71. The van der Waals surface area contributed by atoms with E-state index in [1.54, 1.807) is 12.4 Å². The minimum absolute atomic E-state index is 0.740. The van der Waals surface area contributed by atoms with E-state index in [0.717, 1.165) is 25.0 Å². The molecular weight excluding hydrogens is 212 g/mol. The van der Waals surface area contributed by atoms with E-state index in [1.807, 2.05) is 6.07 Å². The van der Waals surface area contributed by atoms with Crippen molar-refractivity contribution in [1.29, 1.82) is 0 Å². The van der Waals surface area contributed by atoms with Crippen molar-refractivity contribution in [2.24, 2.45) is 0 Å². The van der Waals surface area contributed by atoms with Gasteiger partial charge in [-0.25, -0.2) is 9.97 Å². The smallest absolute Gasteiger partial charge is 0.147 e. The second-order valence-electron chi connectivity index (χ2n) is 4.51. The van der Waals surface area contributed by atoms with Gasteiger partial charge in [0.1, 0.15) is 5.82 Å². The highest BCUT2D eigenvalue weighted by Crippen LogP contribution is 2.19. The number of nitrogens with zero attached hydrogens (tertiary/aromatic N) is 3. The molecule has 1 N–H and O–H groups in total. The van der Waals surface area contributed by atoms with Crippen LogP contribution >= 0.6 is 0 Å². The van der Waals surface area contributed by atoms with Crippen LogP contribution in [-0.4, -0.2) is 20.6 Å². The zero-order chi connectivity index (χ0) is 11.5. The Morgan fingerprint density at radius 1 is 1.29 bits per heavy atom. The third kappa shape index (κ3) is 2.91. The largest absolute Gasteiger partial charge is 0.346 e. The van der Waals surface area contributed by atoms with E-state index in [1.165, 1.54) is 18.4 Å². The molecule has 0 spiro atoms. The maximum atomic E-state index is 4.22. The normalized spacial score (nSPS) is 15.1. The fourth-order valence-corrected chi connectivity index (χ4v) is 1.82. The van der Waals surface area contributed by atoms with E-state index in [-0.39, 0.29) is 0 Å². The Kier molecular flexibility index (Phi) is 2.88. The Hall–Kier alpha value is -1.68. The van der Waals surface area contributed by atoms with E-state index >= 15 is 0 Å². The lowest BCUT2D eigenvalue weighted by Crippen LogP contribution is -2.14. The van der Waals surface area contributed by atoms with Gasteiger partial charge in [0.05, 0.1) is 6.54 Å². The molecule has 1 aliphatic carbocycles. The fourth-order valence-electron chi connectivity index (χ4n) is 1.82. The second kappa shape index (κ2) is 4.67. The van der Waals surface area contributed by atoms with Crippen molar-refractivity contribution < 1.29 is 0 Å². The highest BCUT2D eigenvalue weighted by Gasteiger charge is 2.19. The molecule has 4 nitrogen and oxygen atoms in total. The third-order valence-corrected chi connectivity index (χ3v) is 2.93. The van der Waals surface area contributed by atoms with Crippen molar-refractivity contribution in [2.75, 3.05) is 0 Å². The summed E-state index contributed by atoms with van der Waals surface area (Å²) in [7, 11) is 0. The van der Waals surface area contributed by atoms with E-state index in [9.17, 15) is 0 Å². The van der Waals surface area contributed by atoms with E-state index in [2.05, 4.69) is 38.3 Å². The van der Waals surface area contributed by atoms with Crippen molar-refractivity contribution in [3.05, 3.63) is 48.3 Å². The van der Waals surface area contributed by atoms with Crippen LogP contribution in [0, 0.1) is 0 Å². The van der Waals surface area contributed by atoms with Crippen LogP contribution in [0.4, 0.5) is 0 Å². The molecule has 88 valence electrons. The Balaban J connectivity index is 1.59. The van der Waals surface area contributed by atoms with Crippen LogP contribution in [0.2, 0.25) is 0 Å². The molecule has 0 unspecified atom stereocenters. The Labute approximate surface area is 101 Å². The molecule has 0 atom stereocenters. The second-order valence-corrected chi connectivity index (χ2v) is 4.51. The predicted octanol–water partition coefficient (Wildman–Crippen LogP) is 1.58. The average molecular weight is 228 g/mol. The molecule has 1 saturated carbocycles. The van der Waals surface area contributed by atoms with Crippen LogP contribution in [0.25, 0.3) is 0 Å². The summed E-state index contributed by atoms with van der Waals surface area (Å²) in [6.45, 7) is 1.71. The summed E-state index contributed by atoms with van der Waals surface area (Å²) in [5.41, 5.74) is 1.33. The first-order valence-corrected chi connectivity index (χ1v) is 6.04. The summed E-state index contributed by atoms with van der Waals surface area (Å²) < 4.78 is 2.12. The van der Waals surface area contributed by atoms with Gasteiger partial charge in [-0.1, -0.05) is 0 Å². The van der Waals surface area contributed by atoms with Crippen molar-refractivity contribution in [1.82, 2.24) is 19.9 Å². The molecule has 1 fully saturated rings. The lowest BCUT2D eigenvalue weighted by molar-refractivity contribution is 0.682. The van der Waals surface area contributed by atoms with Gasteiger partial charge in [-0.3, -0.25) is 0 Å². The number of nitrogens with one attached hydrogen (secondary N) is 1. The molecule has 2 aromatic heterocycles. The van der Waals surface area contributed by atoms with Crippen LogP contribution < -0.4 is 5.32 Å². The van der Waals surface area contributed by atoms with Gasteiger partial charge in [0.15, 0.2) is 0 Å². The minimum Gasteiger partial charge on any atom is -0.346 e. The minimum atomic E-state index is 0.740. The Bertz CT molecular complexity index is 473. The average Bonchev–Trinajstić information content (AvgIpc) is 3.09. The van der Waals surface area contributed by atoms with Crippen LogP contribution in [-0.2, 0) is 13.1 Å². The molecule has 2 heterocycles. The first kappa shape index (κ1) is 10.5. The maximum absolute atomic E-state index is 4.22. The molecule has 0 saturated heterocycles. The molecule has 3 rings (SSSR count). The van der Waals surface area contributed by atoms with Crippen LogP contribution in [0.3, 0.4) is 0 Å². The maximum Gasteiger partial charge on any atom is 0.147 e. The molecule has 0 radical (unpaired) electrons. The summed E-state index contributed by atoms with van der Waals surface area (Å²) in [5.74, 6) is 0.852. The summed E-state index contributed by atoms with van der Waals surface area (Å²) in [6.07, 6.45) is 10.5. The van der Waals surface area contributed by atoms with Crippen molar-refractivity contribution in [3.8, 4) is 0 Å². The third-order valence-electron chi connectivity index (χ3n) is 2.93. The fraction of sp³-hybridized carbons (Fsp3) is 0.385. The number of hydrogen-bond acceptors (Lipinski definition) is 3. The van der Waals surface area contributed by atoms with Crippen LogP contribution in [0.1, 0.15) is 24.2 Å². The lowest BCUT2D eigenvalue weighted by Gasteiger charge is -2.01. The van der Waals surface area contributed by atoms with Gasteiger partial charge in [0.25, 0.3) is 0 Å². The van der Waals surface area contributed by atoms with Gasteiger partial charge in [-0.15, -0.1) is 0 Å². The predicted molar refractivity (Wildman–Crippen MR) is 65.4 cm³/mol. The molecule has 17 heavy (non-hydrogen) atoms. The van der Waals surface area contributed by atoms with Gasteiger partial charge in [0.2, 0.25) is 0 Å². The molecule has 0 bridgehead atoms. The molecular formula is C13H16N4. The lowest BCUT2D eigenvalue weighted by atomic mass is 10.3. The number of rotatable bonds is 5. The van der Waals surface area contributed by atoms with E-state index in [0.29, 0.717) is 0 Å². The van der Waals surface area contributed by atoms with Crippen LogP contribution in [0.5, 0.6) is 0 Å². The van der Waals surface area contributed by atoms with Gasteiger partial charge >= 0.3 is 0 Å². The monoisotopic (exact) mass is 228 g/mol. The summed E-state index contributed by atoms with van der Waals surface area (Å²) in [6, 6.07) is 4.75. The number of hydrogen-bond donors (Lipinski definition) is 1. The van der Waals surface area contributed by atoms with E-state index in [4.69, 9.17) is 0 Å². The zero-order valence-corrected chi connectivity index (χ0v) is 9.71. The van der Waals surface area contributed by atoms with E-state index < -0.39 is 0 Å². The molecule has 1 aliphatic rings.